The van der Waals surface area contributed by atoms with Crippen molar-refractivity contribution in [3.8, 4) is 16.9 Å². The number of aromatic nitrogens is 1. The fourth-order valence-corrected chi connectivity index (χ4v) is 6.12. The van der Waals surface area contributed by atoms with Gasteiger partial charge in [0.15, 0.2) is 11.6 Å². The van der Waals surface area contributed by atoms with Crippen LogP contribution in [0, 0.1) is 11.6 Å². The summed E-state index contributed by atoms with van der Waals surface area (Å²) in [6, 6.07) is 15.0. The van der Waals surface area contributed by atoms with Crippen molar-refractivity contribution in [2.75, 3.05) is 44.9 Å². The molecule has 1 aliphatic carbocycles. The van der Waals surface area contributed by atoms with Crippen molar-refractivity contribution in [2.45, 2.75) is 44.7 Å². The van der Waals surface area contributed by atoms with Gasteiger partial charge in [0.1, 0.15) is 30.3 Å². The van der Waals surface area contributed by atoms with E-state index < -0.39 is 34.9 Å². The number of hydrogen-bond acceptors (Lipinski definition) is 8. The zero-order chi connectivity index (χ0) is 33.2. The molecule has 1 aromatic heterocycles. The van der Waals surface area contributed by atoms with Crippen molar-refractivity contribution < 1.29 is 32.6 Å². The molecule has 2 fully saturated rings. The summed E-state index contributed by atoms with van der Waals surface area (Å²) in [4.78, 5) is 41.3. The molecule has 1 N–H and O–H groups in total. The van der Waals surface area contributed by atoms with Crippen LogP contribution in [0.4, 0.5) is 14.5 Å². The number of halogens is 2. The number of methoxy groups -OCH3 is 1. The monoisotopic (exact) mass is 645 g/mol. The van der Waals surface area contributed by atoms with Crippen molar-refractivity contribution in [2.24, 2.45) is 0 Å². The van der Waals surface area contributed by atoms with E-state index in [2.05, 4.69) is 5.32 Å². The number of nitrogens with zero attached hydrogens (tertiary/aromatic N) is 2. The molecule has 47 heavy (non-hydrogen) atoms. The van der Waals surface area contributed by atoms with Crippen molar-refractivity contribution in [1.29, 1.82) is 0 Å². The summed E-state index contributed by atoms with van der Waals surface area (Å²) >= 11 is 0. The maximum Gasteiger partial charge on any atom is 0.343 e. The number of hydrogen-bond donors (Lipinski definition) is 1. The maximum atomic E-state index is 15.7. The first-order chi connectivity index (χ1) is 22.7. The number of esters is 2. The number of nitrogens with one attached hydrogen (secondary N) is 1. The van der Waals surface area contributed by atoms with E-state index >= 15 is 4.39 Å². The van der Waals surface area contributed by atoms with Crippen LogP contribution in [0.2, 0.25) is 0 Å². The molecule has 0 bridgehead atoms. The van der Waals surface area contributed by atoms with Gasteiger partial charge >= 0.3 is 11.9 Å². The molecule has 2 unspecified atom stereocenters. The molecule has 4 aromatic rings. The Morgan fingerprint density at radius 2 is 1.77 bits per heavy atom. The van der Waals surface area contributed by atoms with Gasteiger partial charge in [0.25, 0.3) is 0 Å². The summed E-state index contributed by atoms with van der Waals surface area (Å²) in [6.07, 6.45) is 3.12. The highest BCUT2D eigenvalue weighted by atomic mass is 19.1. The fourth-order valence-electron chi connectivity index (χ4n) is 6.12. The summed E-state index contributed by atoms with van der Waals surface area (Å²) in [6.45, 7) is 4.86. The first kappa shape index (κ1) is 32.2. The summed E-state index contributed by atoms with van der Waals surface area (Å²) in [7, 11) is 1.45. The first-order valence-corrected chi connectivity index (χ1v) is 15.8. The van der Waals surface area contributed by atoms with Crippen LogP contribution in [0.5, 0.6) is 5.75 Å². The number of carbonyl (C=O) groups excluding carboxylic acids is 2. The third-order valence-electron chi connectivity index (χ3n) is 8.74. The van der Waals surface area contributed by atoms with Gasteiger partial charge in [-0.1, -0.05) is 42.5 Å². The van der Waals surface area contributed by atoms with E-state index in [1.807, 2.05) is 34.6 Å². The van der Waals surface area contributed by atoms with Crippen LogP contribution in [0.3, 0.4) is 0 Å². The van der Waals surface area contributed by atoms with Gasteiger partial charge in [-0.05, 0) is 49.9 Å². The second kappa shape index (κ2) is 13.5. The Morgan fingerprint density at radius 3 is 2.45 bits per heavy atom. The van der Waals surface area contributed by atoms with Gasteiger partial charge in [0.05, 0.1) is 23.9 Å². The van der Waals surface area contributed by atoms with E-state index in [9.17, 15) is 18.8 Å². The summed E-state index contributed by atoms with van der Waals surface area (Å²) in [5.41, 5.74) is 1.40. The predicted molar refractivity (Wildman–Crippen MR) is 174 cm³/mol. The van der Waals surface area contributed by atoms with Gasteiger partial charge in [0, 0.05) is 43.5 Å². The average Bonchev–Trinajstić information content (AvgIpc) is 3.92. The molecule has 2 atom stereocenters. The van der Waals surface area contributed by atoms with E-state index in [0.717, 1.165) is 18.4 Å². The van der Waals surface area contributed by atoms with Gasteiger partial charge in [0.2, 0.25) is 5.43 Å². The molecule has 1 aliphatic heterocycles. The van der Waals surface area contributed by atoms with Gasteiger partial charge in [-0.15, -0.1) is 0 Å². The third-order valence-corrected chi connectivity index (χ3v) is 8.74. The lowest BCUT2D eigenvalue weighted by Gasteiger charge is -2.35. The topological polar surface area (TPSA) is 99.1 Å². The van der Waals surface area contributed by atoms with Crippen LogP contribution in [0.15, 0.2) is 65.6 Å². The van der Waals surface area contributed by atoms with Crippen LogP contribution in [0.25, 0.3) is 22.0 Å². The molecule has 3 aromatic carbocycles. The van der Waals surface area contributed by atoms with E-state index in [1.54, 1.807) is 31.2 Å². The minimum atomic E-state index is -0.909. The number of pyridine rings is 1. The van der Waals surface area contributed by atoms with E-state index in [1.165, 1.54) is 25.4 Å². The number of piperazine rings is 1. The van der Waals surface area contributed by atoms with E-state index in [-0.39, 0.29) is 42.0 Å². The van der Waals surface area contributed by atoms with Gasteiger partial charge < -0.3 is 29.0 Å². The lowest BCUT2D eigenvalue weighted by atomic mass is 9.97. The fraction of sp³-hybridized carbons (Fsp3) is 0.361. The maximum absolute atomic E-state index is 15.7. The molecule has 11 heteroatoms. The Kier molecular flexibility index (Phi) is 9.26. The highest BCUT2D eigenvalue weighted by molar-refractivity contribution is 5.97. The highest BCUT2D eigenvalue weighted by Gasteiger charge is 2.32. The molecule has 2 heterocycles. The van der Waals surface area contributed by atoms with Gasteiger partial charge in [-0.2, -0.15) is 0 Å². The molecule has 1 saturated heterocycles. The average molecular weight is 646 g/mol. The Bertz CT molecular complexity index is 1870. The molecule has 1 saturated carbocycles. The number of ether oxygens (including phenoxy) is 3. The van der Waals surface area contributed by atoms with Crippen LogP contribution >= 0.6 is 0 Å². The number of anilines is 1. The normalized spacial score (nSPS) is 17.0. The van der Waals surface area contributed by atoms with Gasteiger partial charge in [-0.25, -0.2) is 13.6 Å². The van der Waals surface area contributed by atoms with Crippen LogP contribution < -0.4 is 20.4 Å². The predicted octanol–water partition coefficient (Wildman–Crippen LogP) is 5.59. The molecule has 0 spiro atoms. The Morgan fingerprint density at radius 1 is 1.02 bits per heavy atom. The number of benzene rings is 3. The molecular weight excluding hydrogens is 608 g/mol. The van der Waals surface area contributed by atoms with Crippen molar-refractivity contribution in [3.05, 3.63) is 93.8 Å². The quantitative estimate of drug-likeness (QED) is 0.176. The zero-order valence-electron chi connectivity index (χ0n) is 26.6. The minimum Gasteiger partial charge on any atom is -0.492 e. The molecule has 9 nitrogen and oxygen atoms in total. The van der Waals surface area contributed by atoms with Crippen LogP contribution in [-0.2, 0) is 14.3 Å². The summed E-state index contributed by atoms with van der Waals surface area (Å²) in [5, 5.41) is 3.37. The molecule has 0 amide bonds. The molecular formula is C36H37F2N3O6. The Labute approximate surface area is 271 Å². The Balaban J connectivity index is 1.15. The van der Waals surface area contributed by atoms with Gasteiger partial charge in [-0.3, -0.25) is 9.59 Å². The van der Waals surface area contributed by atoms with Crippen LogP contribution in [-0.4, -0.2) is 62.5 Å². The largest absolute Gasteiger partial charge is 0.492 e. The summed E-state index contributed by atoms with van der Waals surface area (Å²) < 4.78 is 48.7. The van der Waals surface area contributed by atoms with Crippen molar-refractivity contribution in [1.82, 2.24) is 9.88 Å². The smallest absolute Gasteiger partial charge is 0.343 e. The van der Waals surface area contributed by atoms with Crippen molar-refractivity contribution >= 4 is 28.5 Å². The standard InChI is InChI=1S/C36H37F2N3O6/c1-21-19-40(14-13-39-21)32-30(38)18-27-31(34(32)45-3)41(25-10-11-25)20-28(33(27)42)36(44)47-16-15-46-35(43)22(2)24-9-12-26(29(37)17-24)23-7-5-4-6-8-23/h4-9,12,17-18,20-22,25,39H,10-11,13-16,19H2,1-3H3. The number of fused-ring (bicyclic) bond motifs is 1. The van der Waals surface area contributed by atoms with E-state index in [0.29, 0.717) is 42.0 Å². The van der Waals surface area contributed by atoms with E-state index in [4.69, 9.17) is 14.2 Å². The lowest BCUT2D eigenvalue weighted by molar-refractivity contribution is -0.146. The number of carbonyl (C=O) groups is 2. The summed E-state index contributed by atoms with van der Waals surface area (Å²) in [5.74, 6) is -3.10. The van der Waals surface area contributed by atoms with Crippen LogP contribution in [0.1, 0.15) is 54.6 Å². The first-order valence-electron chi connectivity index (χ1n) is 15.8. The molecule has 2 aliphatic rings. The third kappa shape index (κ3) is 6.58. The zero-order valence-corrected chi connectivity index (χ0v) is 26.6. The SMILES string of the molecule is COc1c(N2CCNC(C)C2)c(F)cc2c(=O)c(C(=O)OCCOC(=O)C(C)c3ccc(-c4ccccc4)c(F)c3)cn(C3CC3)c12. The molecule has 6 rings (SSSR count). The molecule has 246 valence electrons. The van der Waals surface area contributed by atoms with Crippen molar-refractivity contribution in [3.63, 3.8) is 0 Å². The second-order valence-electron chi connectivity index (χ2n) is 12.1. The highest BCUT2D eigenvalue weighted by Crippen LogP contribution is 2.44. The second-order valence-corrected chi connectivity index (χ2v) is 12.1. The minimum absolute atomic E-state index is 0.0212. The number of rotatable bonds is 10. The Hall–Kier alpha value is -4.77. The molecule has 0 radical (unpaired) electrons. The lowest BCUT2D eigenvalue weighted by Crippen LogP contribution is -2.49.